The number of rotatable bonds is 3. The van der Waals surface area contributed by atoms with E-state index in [9.17, 15) is 19.7 Å². The first-order chi connectivity index (χ1) is 11.5. The van der Waals surface area contributed by atoms with Gasteiger partial charge in [-0.3, -0.25) is 10.1 Å². The predicted octanol–water partition coefficient (Wildman–Crippen LogP) is 2.89. The van der Waals surface area contributed by atoms with Gasteiger partial charge in [-0.05, 0) is 31.1 Å². The zero-order valence-corrected chi connectivity index (χ0v) is 12.7. The van der Waals surface area contributed by atoms with Gasteiger partial charge in [-0.25, -0.2) is 9.59 Å². The van der Waals surface area contributed by atoms with E-state index in [1.54, 1.807) is 0 Å². The lowest BCUT2D eigenvalue weighted by molar-refractivity contribution is -0.402. The molecule has 3 rings (SSSR count). The lowest BCUT2D eigenvalue weighted by Gasteiger charge is -2.38. The van der Waals surface area contributed by atoms with Crippen LogP contribution in [0.2, 0.25) is 0 Å². The molecule has 0 atom stereocenters. The Morgan fingerprint density at radius 2 is 1.75 bits per heavy atom. The first kappa shape index (κ1) is 16.0. The van der Waals surface area contributed by atoms with Crippen molar-refractivity contribution in [3.8, 4) is 0 Å². The SMILES string of the molecule is O=C1OC2(CCCCC2)OC(=O)C1=CC=Cc1ccc([N+](=O)[O-])o1. The summed E-state index contributed by atoms with van der Waals surface area (Å²) < 4.78 is 15.6. The van der Waals surface area contributed by atoms with Crippen molar-refractivity contribution < 1.29 is 28.4 Å². The molecule has 8 nitrogen and oxygen atoms in total. The summed E-state index contributed by atoms with van der Waals surface area (Å²) in [6, 6.07) is 2.62. The average Bonchev–Trinajstić information content (AvgIpc) is 3.00. The number of furan rings is 1. The van der Waals surface area contributed by atoms with Crippen molar-refractivity contribution >= 4 is 23.9 Å². The number of nitro groups is 1. The molecule has 2 aliphatic rings. The fourth-order valence-corrected chi connectivity index (χ4v) is 2.75. The molecule has 2 fully saturated rings. The average molecular weight is 333 g/mol. The molecule has 0 aromatic carbocycles. The van der Waals surface area contributed by atoms with Crippen LogP contribution >= 0.6 is 0 Å². The fraction of sp³-hybridized carbons (Fsp3) is 0.375. The lowest BCUT2D eigenvalue weighted by atomic mass is 9.93. The normalized spacial score (nSPS) is 20.1. The number of hydrogen-bond acceptors (Lipinski definition) is 7. The summed E-state index contributed by atoms with van der Waals surface area (Å²) in [5, 5.41) is 10.5. The maximum atomic E-state index is 12.1. The van der Waals surface area contributed by atoms with E-state index in [1.807, 2.05) is 0 Å². The Bertz CT molecular complexity index is 715. The third-order valence-electron chi connectivity index (χ3n) is 3.93. The van der Waals surface area contributed by atoms with Crippen LogP contribution in [-0.2, 0) is 19.1 Å². The molecule has 0 radical (unpaired) electrons. The van der Waals surface area contributed by atoms with E-state index in [2.05, 4.69) is 0 Å². The number of ether oxygens (including phenoxy) is 2. The highest BCUT2D eigenvalue weighted by molar-refractivity contribution is 6.15. The highest BCUT2D eigenvalue weighted by Gasteiger charge is 2.46. The number of nitrogens with zero attached hydrogens (tertiary/aromatic N) is 1. The van der Waals surface area contributed by atoms with E-state index >= 15 is 0 Å². The molecule has 2 heterocycles. The highest BCUT2D eigenvalue weighted by atomic mass is 16.7. The summed E-state index contributed by atoms with van der Waals surface area (Å²) in [4.78, 5) is 34.0. The van der Waals surface area contributed by atoms with Crippen LogP contribution in [0.1, 0.15) is 37.9 Å². The van der Waals surface area contributed by atoms with Crippen LogP contribution in [0.3, 0.4) is 0 Å². The zero-order chi connectivity index (χ0) is 17.2. The van der Waals surface area contributed by atoms with E-state index in [-0.39, 0.29) is 11.3 Å². The number of allylic oxidation sites excluding steroid dienone is 2. The Labute approximate surface area is 136 Å². The van der Waals surface area contributed by atoms with Gasteiger partial charge in [0.1, 0.15) is 16.3 Å². The van der Waals surface area contributed by atoms with Crippen molar-refractivity contribution in [1.82, 2.24) is 0 Å². The number of esters is 2. The zero-order valence-electron chi connectivity index (χ0n) is 12.7. The summed E-state index contributed by atoms with van der Waals surface area (Å²) >= 11 is 0. The molecule has 0 amide bonds. The van der Waals surface area contributed by atoms with Crippen LogP contribution in [0.4, 0.5) is 5.88 Å². The summed E-state index contributed by atoms with van der Waals surface area (Å²) in [7, 11) is 0. The predicted molar refractivity (Wildman–Crippen MR) is 80.5 cm³/mol. The Balaban J connectivity index is 1.71. The number of hydrogen-bond donors (Lipinski definition) is 0. The summed E-state index contributed by atoms with van der Waals surface area (Å²) in [6.07, 6.45) is 7.76. The molecular weight excluding hydrogens is 318 g/mol. The van der Waals surface area contributed by atoms with Gasteiger partial charge in [0.05, 0.1) is 6.07 Å². The molecule has 1 aromatic rings. The second-order valence-electron chi connectivity index (χ2n) is 5.62. The standard InChI is InChI=1S/C16H15NO7/c18-14-12(6-4-5-11-7-8-13(22-11)17(20)21)15(19)24-16(23-14)9-2-1-3-10-16/h4-8H,1-3,9-10H2. The van der Waals surface area contributed by atoms with Gasteiger partial charge in [-0.1, -0.05) is 12.5 Å². The molecular formula is C16H15NO7. The number of carbonyl (C=O) groups excluding carboxylic acids is 2. The van der Waals surface area contributed by atoms with Crippen molar-refractivity contribution in [1.29, 1.82) is 0 Å². The Hall–Kier alpha value is -2.90. The van der Waals surface area contributed by atoms with Crippen molar-refractivity contribution in [3.63, 3.8) is 0 Å². The molecule has 1 aromatic heterocycles. The van der Waals surface area contributed by atoms with E-state index in [0.717, 1.165) is 19.3 Å². The van der Waals surface area contributed by atoms with Gasteiger partial charge >= 0.3 is 17.8 Å². The van der Waals surface area contributed by atoms with Gasteiger partial charge in [0, 0.05) is 12.8 Å². The van der Waals surface area contributed by atoms with E-state index in [1.165, 1.54) is 30.4 Å². The smallest absolute Gasteiger partial charge is 0.419 e. The third-order valence-corrected chi connectivity index (χ3v) is 3.93. The summed E-state index contributed by atoms with van der Waals surface area (Å²) in [6.45, 7) is 0. The molecule has 1 spiro atoms. The van der Waals surface area contributed by atoms with Gasteiger partial charge in [0.2, 0.25) is 0 Å². The van der Waals surface area contributed by atoms with Gasteiger partial charge in [-0.15, -0.1) is 0 Å². The Morgan fingerprint density at radius 3 is 2.33 bits per heavy atom. The van der Waals surface area contributed by atoms with Crippen molar-refractivity contribution in [2.75, 3.05) is 0 Å². The molecule has 1 saturated carbocycles. The Morgan fingerprint density at radius 1 is 1.08 bits per heavy atom. The first-order valence-electron chi connectivity index (χ1n) is 7.58. The molecule has 24 heavy (non-hydrogen) atoms. The van der Waals surface area contributed by atoms with Gasteiger partial charge in [-0.2, -0.15) is 0 Å². The largest absolute Gasteiger partial charge is 0.433 e. The molecule has 1 saturated heterocycles. The van der Waals surface area contributed by atoms with E-state index in [0.29, 0.717) is 12.8 Å². The van der Waals surface area contributed by atoms with Crippen LogP contribution in [0, 0.1) is 10.1 Å². The molecule has 1 aliphatic heterocycles. The minimum absolute atomic E-state index is 0.219. The molecule has 126 valence electrons. The second kappa shape index (κ2) is 6.31. The van der Waals surface area contributed by atoms with Crippen molar-refractivity contribution in [2.24, 2.45) is 0 Å². The fourth-order valence-electron chi connectivity index (χ4n) is 2.75. The first-order valence-corrected chi connectivity index (χ1v) is 7.58. The van der Waals surface area contributed by atoms with Crippen LogP contribution < -0.4 is 0 Å². The summed E-state index contributed by atoms with van der Waals surface area (Å²) in [5.74, 6) is -2.72. The van der Waals surface area contributed by atoms with Gasteiger partial charge in [0.25, 0.3) is 5.79 Å². The summed E-state index contributed by atoms with van der Waals surface area (Å²) in [5.41, 5.74) is -0.219. The molecule has 0 bridgehead atoms. The minimum Gasteiger partial charge on any atom is -0.419 e. The minimum atomic E-state index is -1.12. The number of carbonyl (C=O) groups is 2. The van der Waals surface area contributed by atoms with Crippen molar-refractivity contribution in [3.05, 3.63) is 45.7 Å². The maximum Gasteiger partial charge on any atom is 0.433 e. The molecule has 8 heteroatoms. The van der Waals surface area contributed by atoms with Gasteiger partial charge < -0.3 is 13.9 Å². The van der Waals surface area contributed by atoms with Crippen LogP contribution in [0.15, 0.2) is 34.3 Å². The van der Waals surface area contributed by atoms with E-state index in [4.69, 9.17) is 13.9 Å². The topological polar surface area (TPSA) is 109 Å². The Kier molecular flexibility index (Phi) is 4.20. The van der Waals surface area contributed by atoms with Crippen molar-refractivity contribution in [2.45, 2.75) is 37.9 Å². The van der Waals surface area contributed by atoms with Crippen LogP contribution in [0.5, 0.6) is 0 Å². The second-order valence-corrected chi connectivity index (χ2v) is 5.62. The highest BCUT2D eigenvalue weighted by Crippen LogP contribution is 2.36. The quantitative estimate of drug-likeness (QED) is 0.275. The molecule has 1 aliphatic carbocycles. The molecule has 0 unspecified atom stereocenters. The maximum absolute atomic E-state index is 12.1. The van der Waals surface area contributed by atoms with Crippen LogP contribution in [-0.4, -0.2) is 22.6 Å². The van der Waals surface area contributed by atoms with Gasteiger partial charge in [0.15, 0.2) is 0 Å². The monoisotopic (exact) mass is 333 g/mol. The third kappa shape index (κ3) is 3.22. The molecule has 0 N–H and O–H groups in total. The van der Waals surface area contributed by atoms with Crippen LogP contribution in [0.25, 0.3) is 6.08 Å². The lowest BCUT2D eigenvalue weighted by Crippen LogP contribution is -2.47. The van der Waals surface area contributed by atoms with E-state index < -0.39 is 28.5 Å².